The lowest BCUT2D eigenvalue weighted by Crippen LogP contribution is -2.39. The third-order valence-corrected chi connectivity index (χ3v) is 2.95. The summed E-state index contributed by atoms with van der Waals surface area (Å²) in [6, 6.07) is 0. The van der Waals surface area contributed by atoms with Crippen molar-refractivity contribution in [2.75, 3.05) is 18.0 Å². The number of ether oxygens (including phenoxy) is 1. The number of hydrogen-bond acceptors (Lipinski definition) is 4. The van der Waals surface area contributed by atoms with Gasteiger partial charge >= 0.3 is 6.61 Å². The molecule has 0 spiro atoms. The molecule has 0 amide bonds. The predicted octanol–water partition coefficient (Wildman–Crippen LogP) is 2.97. The van der Waals surface area contributed by atoms with Crippen molar-refractivity contribution in [3.63, 3.8) is 0 Å². The van der Waals surface area contributed by atoms with Crippen LogP contribution in [0.2, 0.25) is 5.15 Å². The number of anilines is 1. The maximum atomic E-state index is 13.0. The van der Waals surface area contributed by atoms with Gasteiger partial charge in [-0.1, -0.05) is 11.6 Å². The summed E-state index contributed by atoms with van der Waals surface area (Å²) in [4.78, 5) is 9.00. The highest BCUT2D eigenvalue weighted by Crippen LogP contribution is 2.31. The zero-order chi connectivity index (χ0) is 14.0. The van der Waals surface area contributed by atoms with Gasteiger partial charge in [-0.3, -0.25) is 0 Å². The maximum absolute atomic E-state index is 13.0. The molecule has 0 radical (unpaired) electrons. The highest BCUT2D eigenvalue weighted by atomic mass is 35.5. The first-order chi connectivity index (χ1) is 8.87. The molecule has 1 aliphatic heterocycles. The molecular formula is C10H10ClF4N3O. The molecule has 1 aromatic rings. The summed E-state index contributed by atoms with van der Waals surface area (Å²) >= 11 is 5.64. The molecule has 2 heterocycles. The predicted molar refractivity (Wildman–Crippen MR) is 60.1 cm³/mol. The van der Waals surface area contributed by atoms with E-state index in [4.69, 9.17) is 11.6 Å². The minimum atomic E-state index is -3.05. The Hall–Kier alpha value is -1.31. The number of nitrogens with zero attached hydrogens (tertiary/aromatic N) is 3. The van der Waals surface area contributed by atoms with E-state index in [1.54, 1.807) is 4.90 Å². The Morgan fingerprint density at radius 2 is 1.95 bits per heavy atom. The Bertz CT molecular complexity index is 450. The first kappa shape index (κ1) is 14.1. The van der Waals surface area contributed by atoms with Gasteiger partial charge < -0.3 is 9.64 Å². The van der Waals surface area contributed by atoms with E-state index < -0.39 is 18.4 Å². The summed E-state index contributed by atoms with van der Waals surface area (Å²) in [5.74, 6) is -2.89. The molecule has 0 aliphatic carbocycles. The van der Waals surface area contributed by atoms with Gasteiger partial charge in [-0.2, -0.15) is 8.78 Å². The number of alkyl halides is 4. The largest absolute Gasteiger partial charge is 0.414 e. The topological polar surface area (TPSA) is 38.2 Å². The monoisotopic (exact) mass is 299 g/mol. The Kier molecular flexibility index (Phi) is 3.98. The molecule has 0 atom stereocenters. The van der Waals surface area contributed by atoms with Crippen LogP contribution in [0.4, 0.5) is 23.4 Å². The smallest absolute Gasteiger partial charge is 0.388 e. The molecule has 19 heavy (non-hydrogen) atoms. The molecule has 0 bridgehead atoms. The average Bonchev–Trinajstić information content (AvgIpc) is 2.31. The van der Waals surface area contributed by atoms with Crippen LogP contribution in [0.5, 0.6) is 5.88 Å². The Labute approximate surface area is 111 Å². The van der Waals surface area contributed by atoms with Crippen LogP contribution in [0.3, 0.4) is 0 Å². The second-order valence-corrected chi connectivity index (χ2v) is 4.40. The molecule has 2 rings (SSSR count). The quantitative estimate of drug-likeness (QED) is 0.804. The van der Waals surface area contributed by atoms with Crippen molar-refractivity contribution >= 4 is 17.4 Å². The third-order valence-electron chi connectivity index (χ3n) is 2.71. The zero-order valence-corrected chi connectivity index (χ0v) is 10.4. The summed E-state index contributed by atoms with van der Waals surface area (Å²) < 4.78 is 54.0. The van der Waals surface area contributed by atoms with E-state index >= 15 is 0 Å². The van der Waals surface area contributed by atoms with Crippen LogP contribution in [-0.2, 0) is 0 Å². The van der Waals surface area contributed by atoms with Crippen molar-refractivity contribution in [2.24, 2.45) is 0 Å². The van der Waals surface area contributed by atoms with Crippen molar-refractivity contribution in [3.8, 4) is 5.88 Å². The van der Waals surface area contributed by atoms with E-state index in [0.717, 1.165) is 0 Å². The molecule has 4 nitrogen and oxygen atoms in total. The highest BCUT2D eigenvalue weighted by molar-refractivity contribution is 6.30. The second-order valence-electron chi connectivity index (χ2n) is 4.05. The van der Waals surface area contributed by atoms with Gasteiger partial charge in [0.05, 0.1) is 6.20 Å². The average molecular weight is 300 g/mol. The van der Waals surface area contributed by atoms with E-state index in [-0.39, 0.29) is 36.9 Å². The molecule has 0 N–H and O–H groups in total. The van der Waals surface area contributed by atoms with E-state index in [0.29, 0.717) is 0 Å². The van der Waals surface area contributed by atoms with Crippen molar-refractivity contribution in [2.45, 2.75) is 25.4 Å². The van der Waals surface area contributed by atoms with Crippen LogP contribution in [0.15, 0.2) is 6.20 Å². The number of aromatic nitrogens is 2. The normalized spacial score (nSPS) is 18.7. The molecular weight excluding hydrogens is 290 g/mol. The molecule has 106 valence electrons. The first-order valence-corrected chi connectivity index (χ1v) is 5.85. The van der Waals surface area contributed by atoms with Gasteiger partial charge in [0.15, 0.2) is 5.15 Å². The van der Waals surface area contributed by atoms with Crippen LogP contribution in [-0.4, -0.2) is 35.6 Å². The number of halogens is 5. The van der Waals surface area contributed by atoms with Crippen LogP contribution in [0.1, 0.15) is 12.8 Å². The second kappa shape index (κ2) is 5.36. The Morgan fingerprint density at radius 3 is 2.47 bits per heavy atom. The molecule has 9 heteroatoms. The molecule has 0 saturated carbocycles. The lowest BCUT2D eigenvalue weighted by atomic mass is 10.1. The fraction of sp³-hybridized carbons (Fsp3) is 0.600. The SMILES string of the molecule is FC(F)Oc1ncc(N2CCC(F)(F)CC2)nc1Cl. The van der Waals surface area contributed by atoms with Crippen molar-refractivity contribution in [1.29, 1.82) is 0 Å². The lowest BCUT2D eigenvalue weighted by Gasteiger charge is -2.32. The first-order valence-electron chi connectivity index (χ1n) is 5.47. The molecule has 0 unspecified atom stereocenters. The van der Waals surface area contributed by atoms with Gasteiger partial charge in [0.1, 0.15) is 5.82 Å². The maximum Gasteiger partial charge on any atom is 0.388 e. The van der Waals surface area contributed by atoms with Crippen molar-refractivity contribution in [1.82, 2.24) is 9.97 Å². The summed E-state index contributed by atoms with van der Waals surface area (Å²) in [6.07, 6.45) is 0.593. The van der Waals surface area contributed by atoms with Crippen LogP contribution in [0, 0.1) is 0 Å². The van der Waals surface area contributed by atoms with Crippen LogP contribution < -0.4 is 9.64 Å². The van der Waals surface area contributed by atoms with Crippen LogP contribution in [0.25, 0.3) is 0 Å². The Balaban J connectivity index is 2.08. The van der Waals surface area contributed by atoms with Crippen LogP contribution >= 0.6 is 11.6 Å². The van der Waals surface area contributed by atoms with Gasteiger partial charge in [0, 0.05) is 25.9 Å². The summed E-state index contributed by atoms with van der Waals surface area (Å²) in [6.45, 7) is -2.84. The summed E-state index contributed by atoms with van der Waals surface area (Å²) in [7, 11) is 0. The minimum absolute atomic E-state index is 0.104. The van der Waals surface area contributed by atoms with E-state index in [9.17, 15) is 17.6 Å². The van der Waals surface area contributed by atoms with E-state index in [1.807, 2.05) is 0 Å². The number of piperidine rings is 1. The number of hydrogen-bond donors (Lipinski definition) is 0. The molecule has 1 aromatic heterocycles. The number of rotatable bonds is 3. The van der Waals surface area contributed by atoms with Gasteiger partial charge in [0.2, 0.25) is 0 Å². The van der Waals surface area contributed by atoms with Crippen molar-refractivity contribution in [3.05, 3.63) is 11.3 Å². The molecule has 1 fully saturated rings. The van der Waals surface area contributed by atoms with Gasteiger partial charge in [0.25, 0.3) is 11.8 Å². The highest BCUT2D eigenvalue weighted by Gasteiger charge is 2.34. The minimum Gasteiger partial charge on any atom is -0.414 e. The fourth-order valence-corrected chi connectivity index (χ4v) is 1.91. The lowest BCUT2D eigenvalue weighted by molar-refractivity contribution is -0.0530. The van der Waals surface area contributed by atoms with Gasteiger partial charge in [-0.15, -0.1) is 0 Å². The summed E-state index contributed by atoms with van der Waals surface area (Å²) in [5, 5.41) is -0.324. The molecule has 1 saturated heterocycles. The summed E-state index contributed by atoms with van der Waals surface area (Å²) in [5.41, 5.74) is 0. The molecule has 1 aliphatic rings. The third kappa shape index (κ3) is 3.59. The van der Waals surface area contributed by atoms with E-state index in [2.05, 4.69) is 14.7 Å². The fourth-order valence-electron chi connectivity index (χ4n) is 1.73. The van der Waals surface area contributed by atoms with Gasteiger partial charge in [-0.25, -0.2) is 18.7 Å². The van der Waals surface area contributed by atoms with Crippen molar-refractivity contribution < 1.29 is 22.3 Å². The zero-order valence-electron chi connectivity index (χ0n) is 9.62. The van der Waals surface area contributed by atoms with Gasteiger partial charge in [-0.05, 0) is 0 Å². The Morgan fingerprint density at radius 1 is 1.32 bits per heavy atom. The standard InChI is InChI=1S/C10H10ClF4N3O/c11-7-8(19-9(12)13)16-5-6(17-7)18-3-1-10(14,15)2-4-18/h5,9H,1-4H2. The van der Waals surface area contributed by atoms with E-state index in [1.165, 1.54) is 6.20 Å². The molecule has 0 aromatic carbocycles.